The van der Waals surface area contributed by atoms with Gasteiger partial charge in [0.05, 0.1) is 6.20 Å². The minimum atomic E-state index is -2.64. The fourth-order valence-electron chi connectivity index (χ4n) is 2.53. The van der Waals surface area contributed by atoms with Crippen LogP contribution in [0.2, 0.25) is 5.02 Å². The molecular weight excluding hydrogens is 358 g/mol. The van der Waals surface area contributed by atoms with E-state index in [0.717, 1.165) is 17.1 Å². The van der Waals surface area contributed by atoms with E-state index >= 15 is 0 Å². The van der Waals surface area contributed by atoms with Gasteiger partial charge in [0.25, 0.3) is 12.3 Å². The average molecular weight is 373 g/mol. The first kappa shape index (κ1) is 17.1. The van der Waals surface area contributed by atoms with Crippen LogP contribution in [-0.4, -0.2) is 35.0 Å². The maximum absolute atomic E-state index is 12.6. The van der Waals surface area contributed by atoms with Gasteiger partial charge in [-0.1, -0.05) is 11.6 Å². The van der Waals surface area contributed by atoms with Crippen molar-refractivity contribution in [2.45, 2.75) is 25.4 Å². The zero-order valence-electron chi connectivity index (χ0n) is 12.6. The third-order valence-corrected chi connectivity index (χ3v) is 5.01. The van der Waals surface area contributed by atoms with Crippen molar-refractivity contribution in [3.8, 4) is 5.75 Å². The monoisotopic (exact) mass is 372 g/mol. The topological polar surface area (TPSA) is 42.4 Å². The molecule has 1 aromatic carbocycles. The molecule has 3 rings (SSSR count). The van der Waals surface area contributed by atoms with Crippen molar-refractivity contribution in [3.63, 3.8) is 0 Å². The SMILES string of the molecule is O=C(c1cnc(C(F)F)s1)N1CCC(Oc2ccc(Cl)cc2)CC1. The summed E-state index contributed by atoms with van der Waals surface area (Å²) in [5.41, 5.74) is 0. The summed E-state index contributed by atoms with van der Waals surface area (Å²) in [5, 5.41) is 0.329. The van der Waals surface area contributed by atoms with Crippen molar-refractivity contribution in [3.05, 3.63) is 45.4 Å². The van der Waals surface area contributed by atoms with Crippen molar-refractivity contribution < 1.29 is 18.3 Å². The molecule has 2 heterocycles. The van der Waals surface area contributed by atoms with E-state index in [1.807, 2.05) is 12.1 Å². The van der Waals surface area contributed by atoms with E-state index in [1.54, 1.807) is 17.0 Å². The predicted molar refractivity (Wildman–Crippen MR) is 88.1 cm³/mol. The number of benzene rings is 1. The highest BCUT2D eigenvalue weighted by Crippen LogP contribution is 2.26. The Kier molecular flexibility index (Phi) is 5.30. The lowest BCUT2D eigenvalue weighted by molar-refractivity contribution is 0.0600. The van der Waals surface area contributed by atoms with E-state index in [1.165, 1.54) is 6.20 Å². The van der Waals surface area contributed by atoms with E-state index in [0.29, 0.717) is 31.0 Å². The largest absolute Gasteiger partial charge is 0.490 e. The number of piperidine rings is 1. The number of halogens is 3. The maximum Gasteiger partial charge on any atom is 0.289 e. The molecule has 24 heavy (non-hydrogen) atoms. The van der Waals surface area contributed by atoms with Crippen LogP contribution in [0.25, 0.3) is 0 Å². The Morgan fingerprint density at radius 2 is 1.96 bits per heavy atom. The van der Waals surface area contributed by atoms with Crippen molar-refractivity contribution in [1.82, 2.24) is 9.88 Å². The number of hydrogen-bond acceptors (Lipinski definition) is 4. The number of rotatable bonds is 4. The fraction of sp³-hybridized carbons (Fsp3) is 0.375. The van der Waals surface area contributed by atoms with Crippen LogP contribution in [0, 0.1) is 0 Å². The van der Waals surface area contributed by atoms with Gasteiger partial charge in [-0.3, -0.25) is 4.79 Å². The number of aromatic nitrogens is 1. The molecule has 0 bridgehead atoms. The van der Waals surface area contributed by atoms with Gasteiger partial charge in [0.15, 0.2) is 5.01 Å². The summed E-state index contributed by atoms with van der Waals surface area (Å²) < 4.78 is 31.0. The summed E-state index contributed by atoms with van der Waals surface area (Å²) in [6, 6.07) is 7.14. The normalized spacial score (nSPS) is 15.8. The zero-order chi connectivity index (χ0) is 17.1. The first-order valence-electron chi connectivity index (χ1n) is 7.48. The standard InChI is InChI=1S/C16H15ClF2N2O2S/c17-10-1-3-11(4-2-10)23-12-5-7-21(8-6-12)16(22)13-9-20-15(24-13)14(18)19/h1-4,9,12,14H,5-8H2. The number of alkyl halides is 2. The molecule has 1 saturated heterocycles. The summed E-state index contributed by atoms with van der Waals surface area (Å²) in [4.78, 5) is 17.8. The Hall–Kier alpha value is -1.73. The maximum atomic E-state index is 12.6. The van der Waals surface area contributed by atoms with Gasteiger partial charge in [-0.2, -0.15) is 0 Å². The van der Waals surface area contributed by atoms with Crippen LogP contribution in [-0.2, 0) is 0 Å². The molecule has 1 amide bonds. The summed E-state index contributed by atoms with van der Waals surface area (Å²) in [6.07, 6.45) is -0.0162. The highest BCUT2D eigenvalue weighted by atomic mass is 35.5. The second kappa shape index (κ2) is 7.44. The molecular formula is C16H15ClF2N2O2S. The highest BCUT2D eigenvalue weighted by Gasteiger charge is 2.26. The van der Waals surface area contributed by atoms with Gasteiger partial charge < -0.3 is 9.64 Å². The van der Waals surface area contributed by atoms with Crippen LogP contribution in [0.1, 0.15) is 33.9 Å². The number of likely N-dealkylation sites (tertiary alicyclic amines) is 1. The van der Waals surface area contributed by atoms with Crippen LogP contribution in [0.15, 0.2) is 30.5 Å². The Morgan fingerprint density at radius 1 is 1.29 bits per heavy atom. The number of thiazole rings is 1. The molecule has 128 valence electrons. The molecule has 0 unspecified atom stereocenters. The third kappa shape index (κ3) is 4.02. The van der Waals surface area contributed by atoms with E-state index in [9.17, 15) is 13.6 Å². The van der Waals surface area contributed by atoms with E-state index in [-0.39, 0.29) is 21.9 Å². The molecule has 0 saturated carbocycles. The highest BCUT2D eigenvalue weighted by molar-refractivity contribution is 7.13. The van der Waals surface area contributed by atoms with Crippen molar-refractivity contribution in [2.24, 2.45) is 0 Å². The second-order valence-electron chi connectivity index (χ2n) is 5.43. The van der Waals surface area contributed by atoms with Gasteiger partial charge in [-0.05, 0) is 24.3 Å². The Balaban J connectivity index is 1.54. The lowest BCUT2D eigenvalue weighted by Gasteiger charge is -2.31. The number of carbonyl (C=O) groups is 1. The molecule has 1 fully saturated rings. The van der Waals surface area contributed by atoms with E-state index in [2.05, 4.69) is 4.98 Å². The Labute approximate surface area is 147 Å². The van der Waals surface area contributed by atoms with E-state index < -0.39 is 6.43 Å². The molecule has 0 aliphatic carbocycles. The molecule has 0 spiro atoms. The van der Waals surface area contributed by atoms with Gasteiger partial charge in [0.1, 0.15) is 16.7 Å². The second-order valence-corrected chi connectivity index (χ2v) is 6.93. The zero-order valence-corrected chi connectivity index (χ0v) is 14.2. The number of hydrogen-bond donors (Lipinski definition) is 0. The number of carbonyl (C=O) groups excluding carboxylic acids is 1. The number of ether oxygens (including phenoxy) is 1. The molecule has 4 nitrogen and oxygen atoms in total. The van der Waals surface area contributed by atoms with Crippen LogP contribution in [0.5, 0.6) is 5.75 Å². The van der Waals surface area contributed by atoms with Gasteiger partial charge in [-0.15, -0.1) is 11.3 Å². The van der Waals surface area contributed by atoms with Gasteiger partial charge in [0.2, 0.25) is 0 Å². The Bertz CT molecular complexity index is 700. The fourth-order valence-corrected chi connectivity index (χ4v) is 3.39. The van der Waals surface area contributed by atoms with Gasteiger partial charge >= 0.3 is 0 Å². The molecule has 0 N–H and O–H groups in total. The van der Waals surface area contributed by atoms with Crippen molar-refractivity contribution in [2.75, 3.05) is 13.1 Å². The third-order valence-electron chi connectivity index (χ3n) is 3.77. The number of nitrogens with zero attached hydrogens (tertiary/aromatic N) is 2. The molecule has 1 aromatic heterocycles. The molecule has 0 atom stereocenters. The molecule has 8 heteroatoms. The predicted octanol–water partition coefficient (Wildman–Crippen LogP) is 4.42. The lowest BCUT2D eigenvalue weighted by atomic mass is 10.1. The van der Waals surface area contributed by atoms with Crippen LogP contribution in [0.3, 0.4) is 0 Å². The van der Waals surface area contributed by atoms with Crippen LogP contribution >= 0.6 is 22.9 Å². The molecule has 1 aliphatic heterocycles. The lowest BCUT2D eigenvalue weighted by Crippen LogP contribution is -2.41. The minimum Gasteiger partial charge on any atom is -0.490 e. The Morgan fingerprint density at radius 3 is 2.54 bits per heavy atom. The number of amides is 1. The van der Waals surface area contributed by atoms with Crippen molar-refractivity contribution in [1.29, 1.82) is 0 Å². The average Bonchev–Trinajstić information content (AvgIpc) is 3.07. The summed E-state index contributed by atoms with van der Waals surface area (Å²) >= 11 is 6.59. The summed E-state index contributed by atoms with van der Waals surface area (Å²) in [5.74, 6) is 0.498. The summed E-state index contributed by atoms with van der Waals surface area (Å²) in [7, 11) is 0. The molecule has 1 aliphatic rings. The van der Waals surface area contributed by atoms with Crippen LogP contribution in [0.4, 0.5) is 8.78 Å². The van der Waals surface area contributed by atoms with Crippen LogP contribution < -0.4 is 4.74 Å². The molecule has 0 radical (unpaired) electrons. The smallest absolute Gasteiger partial charge is 0.289 e. The molecule has 2 aromatic rings. The quantitative estimate of drug-likeness (QED) is 0.798. The summed E-state index contributed by atoms with van der Waals surface area (Å²) in [6.45, 7) is 1.05. The first-order chi connectivity index (χ1) is 11.5. The van der Waals surface area contributed by atoms with Gasteiger partial charge in [0, 0.05) is 31.0 Å². The first-order valence-corrected chi connectivity index (χ1v) is 8.68. The van der Waals surface area contributed by atoms with Gasteiger partial charge in [-0.25, -0.2) is 13.8 Å². The van der Waals surface area contributed by atoms with Crippen molar-refractivity contribution >= 4 is 28.8 Å². The minimum absolute atomic E-state index is 0.0216. The van der Waals surface area contributed by atoms with E-state index in [4.69, 9.17) is 16.3 Å².